The molecule has 5 nitrogen and oxygen atoms in total. The highest BCUT2D eigenvalue weighted by Gasteiger charge is 2.08. The van der Waals surface area contributed by atoms with E-state index in [2.05, 4.69) is 45.7 Å². The molecular weight excluding hydrogens is 364 g/mol. The Balaban J connectivity index is 1.48. The third kappa shape index (κ3) is 6.21. The quantitative estimate of drug-likeness (QED) is 0.647. The minimum absolute atomic E-state index is 0.167. The summed E-state index contributed by atoms with van der Waals surface area (Å²) in [4.78, 5) is 23.2. The highest BCUT2D eigenvalue weighted by atomic mass is 16.5. The largest absolute Gasteiger partial charge is 0.469 e. The Hall–Kier alpha value is -3.08. The maximum Gasteiger partial charge on any atom is 0.307 e. The summed E-state index contributed by atoms with van der Waals surface area (Å²) in [6.45, 7) is 0.952. The second-order valence-electron chi connectivity index (χ2n) is 7.19. The van der Waals surface area contributed by atoms with Crippen LogP contribution < -0.4 is 10.6 Å². The number of allylic oxidation sites excluding steroid dienone is 2. The molecule has 0 heterocycles. The molecule has 0 spiro atoms. The van der Waals surface area contributed by atoms with E-state index in [1.165, 1.54) is 43.9 Å². The van der Waals surface area contributed by atoms with Gasteiger partial charge in [-0.3, -0.25) is 9.59 Å². The van der Waals surface area contributed by atoms with Gasteiger partial charge in [0.25, 0.3) is 5.91 Å². The van der Waals surface area contributed by atoms with Gasteiger partial charge in [0.05, 0.1) is 13.5 Å². The van der Waals surface area contributed by atoms with Gasteiger partial charge in [-0.15, -0.1) is 0 Å². The molecule has 152 valence electrons. The van der Waals surface area contributed by atoms with Crippen molar-refractivity contribution < 1.29 is 14.3 Å². The van der Waals surface area contributed by atoms with Crippen molar-refractivity contribution in [3.05, 3.63) is 71.3 Å². The lowest BCUT2D eigenvalue weighted by atomic mass is 9.94. The molecule has 0 aromatic heterocycles. The Labute approximate surface area is 172 Å². The van der Waals surface area contributed by atoms with Crippen LogP contribution in [0.5, 0.6) is 0 Å². The number of hydrogen-bond donors (Lipinski definition) is 2. The van der Waals surface area contributed by atoms with Crippen molar-refractivity contribution in [3.63, 3.8) is 0 Å². The van der Waals surface area contributed by atoms with Crippen LogP contribution in [0.4, 0.5) is 5.69 Å². The third-order valence-electron chi connectivity index (χ3n) is 5.10. The summed E-state index contributed by atoms with van der Waals surface area (Å²) in [5.41, 5.74) is 5.52. The molecule has 2 N–H and O–H groups in total. The lowest BCUT2D eigenvalue weighted by Gasteiger charge is -2.14. The monoisotopic (exact) mass is 392 g/mol. The standard InChI is InChI=1S/C24H28N2O3/c1-29-23(27)15-16-25-24(28)21-9-7-18(8-10-21)17-26-22-13-11-20(12-14-22)19-5-3-2-4-6-19/h5,7-14,26H,2-4,6,15-17H2,1H3,(H,25,28). The predicted molar refractivity (Wildman–Crippen MR) is 116 cm³/mol. The summed E-state index contributed by atoms with van der Waals surface area (Å²) in [6.07, 6.45) is 7.48. The number of benzene rings is 2. The molecule has 0 atom stereocenters. The lowest BCUT2D eigenvalue weighted by Crippen LogP contribution is -2.26. The minimum atomic E-state index is -0.338. The van der Waals surface area contributed by atoms with Crippen molar-refractivity contribution in [2.45, 2.75) is 38.6 Å². The Kier molecular flexibility index (Phi) is 7.45. The Morgan fingerprint density at radius 3 is 2.41 bits per heavy atom. The van der Waals surface area contributed by atoms with E-state index >= 15 is 0 Å². The number of ether oxygens (including phenoxy) is 1. The van der Waals surface area contributed by atoms with Gasteiger partial charge in [-0.05, 0) is 66.6 Å². The fourth-order valence-electron chi connectivity index (χ4n) is 3.36. The number of anilines is 1. The first-order valence-electron chi connectivity index (χ1n) is 10.1. The zero-order valence-electron chi connectivity index (χ0n) is 16.9. The van der Waals surface area contributed by atoms with Crippen LogP contribution in [-0.4, -0.2) is 25.5 Å². The van der Waals surface area contributed by atoms with Crippen LogP contribution in [0, 0.1) is 0 Å². The van der Waals surface area contributed by atoms with Crippen LogP contribution in [0.3, 0.4) is 0 Å². The molecule has 0 aliphatic heterocycles. The van der Waals surface area contributed by atoms with E-state index in [0.29, 0.717) is 12.1 Å². The summed E-state index contributed by atoms with van der Waals surface area (Å²) in [5.74, 6) is -0.531. The molecule has 3 rings (SSSR count). The number of rotatable bonds is 8. The van der Waals surface area contributed by atoms with E-state index in [1.54, 1.807) is 12.1 Å². The first-order chi connectivity index (χ1) is 14.2. The topological polar surface area (TPSA) is 67.4 Å². The van der Waals surface area contributed by atoms with Gasteiger partial charge in [0.15, 0.2) is 0 Å². The van der Waals surface area contributed by atoms with E-state index < -0.39 is 0 Å². The van der Waals surface area contributed by atoms with Gasteiger partial charge in [0.1, 0.15) is 0 Å². The van der Waals surface area contributed by atoms with Gasteiger partial charge >= 0.3 is 5.97 Å². The molecule has 0 saturated carbocycles. The van der Waals surface area contributed by atoms with E-state index in [0.717, 1.165) is 11.3 Å². The SMILES string of the molecule is COC(=O)CCNC(=O)c1ccc(CNc2ccc(C3=CCCCC3)cc2)cc1. The Bertz CT molecular complexity index is 855. The zero-order valence-corrected chi connectivity index (χ0v) is 16.9. The van der Waals surface area contributed by atoms with Crippen molar-refractivity contribution in [2.24, 2.45) is 0 Å². The van der Waals surface area contributed by atoms with E-state index in [9.17, 15) is 9.59 Å². The first-order valence-corrected chi connectivity index (χ1v) is 10.1. The fraction of sp³-hybridized carbons (Fsp3) is 0.333. The summed E-state index contributed by atoms with van der Waals surface area (Å²) < 4.78 is 4.55. The smallest absolute Gasteiger partial charge is 0.307 e. The van der Waals surface area contributed by atoms with Gasteiger partial charge in [-0.1, -0.05) is 30.3 Å². The normalized spacial score (nSPS) is 13.3. The van der Waals surface area contributed by atoms with Gasteiger partial charge in [-0.2, -0.15) is 0 Å². The van der Waals surface area contributed by atoms with Crippen LogP contribution >= 0.6 is 0 Å². The zero-order chi connectivity index (χ0) is 20.5. The second kappa shape index (κ2) is 10.5. The molecule has 0 bridgehead atoms. The predicted octanol–water partition coefficient (Wildman–Crippen LogP) is 4.55. The van der Waals surface area contributed by atoms with Crippen LogP contribution in [0.25, 0.3) is 5.57 Å². The summed E-state index contributed by atoms with van der Waals surface area (Å²) in [6, 6.07) is 16.1. The molecule has 0 saturated heterocycles. The maximum absolute atomic E-state index is 12.1. The van der Waals surface area contributed by atoms with Crippen LogP contribution in [-0.2, 0) is 16.1 Å². The molecule has 29 heavy (non-hydrogen) atoms. The number of esters is 1. The van der Waals surface area contributed by atoms with E-state index in [-0.39, 0.29) is 24.8 Å². The Morgan fingerprint density at radius 1 is 1.00 bits per heavy atom. The van der Waals surface area contributed by atoms with Gasteiger partial charge in [0, 0.05) is 24.3 Å². The van der Waals surface area contributed by atoms with Crippen molar-refractivity contribution in [1.82, 2.24) is 5.32 Å². The van der Waals surface area contributed by atoms with Crippen LogP contribution in [0.2, 0.25) is 0 Å². The van der Waals surface area contributed by atoms with Crippen LogP contribution in [0.15, 0.2) is 54.6 Å². The molecule has 1 amide bonds. The number of carbonyl (C=O) groups is 2. The molecule has 1 aliphatic rings. The summed E-state index contributed by atoms with van der Waals surface area (Å²) in [5, 5.41) is 6.14. The van der Waals surface area contributed by atoms with Crippen molar-refractivity contribution in [3.8, 4) is 0 Å². The second-order valence-corrected chi connectivity index (χ2v) is 7.19. The average Bonchev–Trinajstić information content (AvgIpc) is 2.78. The van der Waals surface area contributed by atoms with Crippen LogP contribution in [0.1, 0.15) is 53.6 Å². The minimum Gasteiger partial charge on any atom is -0.469 e. The summed E-state index contributed by atoms with van der Waals surface area (Å²) in [7, 11) is 1.33. The highest BCUT2D eigenvalue weighted by molar-refractivity contribution is 5.94. The average molecular weight is 392 g/mol. The molecule has 5 heteroatoms. The third-order valence-corrected chi connectivity index (χ3v) is 5.10. The van der Waals surface area contributed by atoms with E-state index in [4.69, 9.17) is 0 Å². The molecule has 2 aromatic carbocycles. The molecule has 0 fully saturated rings. The van der Waals surface area contributed by atoms with Gasteiger partial charge in [0.2, 0.25) is 0 Å². The Morgan fingerprint density at radius 2 is 1.76 bits per heavy atom. The lowest BCUT2D eigenvalue weighted by molar-refractivity contribution is -0.140. The molecule has 1 aliphatic carbocycles. The molecule has 0 radical (unpaired) electrons. The fourth-order valence-corrected chi connectivity index (χ4v) is 3.36. The first kappa shape index (κ1) is 20.6. The van der Waals surface area contributed by atoms with Gasteiger partial charge < -0.3 is 15.4 Å². The maximum atomic E-state index is 12.1. The van der Waals surface area contributed by atoms with Crippen molar-refractivity contribution in [2.75, 3.05) is 19.0 Å². The molecule has 2 aromatic rings. The number of nitrogens with one attached hydrogen (secondary N) is 2. The van der Waals surface area contributed by atoms with E-state index in [1.807, 2.05) is 12.1 Å². The number of methoxy groups -OCH3 is 1. The van der Waals surface area contributed by atoms with Crippen molar-refractivity contribution >= 4 is 23.1 Å². The van der Waals surface area contributed by atoms with Crippen molar-refractivity contribution in [1.29, 1.82) is 0 Å². The number of carbonyl (C=O) groups excluding carboxylic acids is 2. The number of amides is 1. The van der Waals surface area contributed by atoms with Gasteiger partial charge in [-0.25, -0.2) is 0 Å². The molecular formula is C24H28N2O3. The molecule has 0 unspecified atom stereocenters. The summed E-state index contributed by atoms with van der Waals surface area (Å²) >= 11 is 0. The number of hydrogen-bond acceptors (Lipinski definition) is 4. The highest BCUT2D eigenvalue weighted by Crippen LogP contribution is 2.27.